The van der Waals surface area contributed by atoms with E-state index in [0.29, 0.717) is 11.7 Å². The topological polar surface area (TPSA) is 85.2 Å². The molecule has 2 N–H and O–H groups in total. The number of nitrogen functional groups attached to an aromatic ring is 1. The Morgan fingerprint density at radius 3 is 2.76 bits per heavy atom. The predicted octanol–water partition coefficient (Wildman–Crippen LogP) is 2.30. The first-order valence-corrected chi connectivity index (χ1v) is 9.57. The first-order valence-electron chi connectivity index (χ1n) is 8.35. The number of rotatable bonds is 3. The number of piperidine rings is 1. The number of likely N-dealkylation sites (N-methyl/N-ethyl adjacent to an activating group) is 1. The van der Waals surface area contributed by atoms with Gasteiger partial charge in [0.05, 0.1) is 11.9 Å². The number of thioether (sulfide) groups is 1. The number of fused-ring (bicyclic) bond motifs is 1. The van der Waals surface area contributed by atoms with Gasteiger partial charge in [-0.15, -0.1) is 0 Å². The van der Waals surface area contributed by atoms with Crippen molar-refractivity contribution >= 4 is 23.2 Å². The normalized spacial score (nSPS) is 18.7. The lowest BCUT2D eigenvalue weighted by atomic mass is 9.95. The second-order valence-electron chi connectivity index (χ2n) is 6.46. The van der Waals surface area contributed by atoms with Gasteiger partial charge in [0.2, 0.25) is 0 Å². The van der Waals surface area contributed by atoms with E-state index >= 15 is 0 Å². The van der Waals surface area contributed by atoms with Crippen LogP contribution in [-0.4, -0.2) is 55.9 Å². The zero-order valence-corrected chi connectivity index (χ0v) is 15.2. The van der Waals surface area contributed by atoms with Crippen molar-refractivity contribution < 1.29 is 0 Å². The van der Waals surface area contributed by atoms with Crippen LogP contribution in [0.4, 0.5) is 5.82 Å². The molecule has 1 atom stereocenters. The summed E-state index contributed by atoms with van der Waals surface area (Å²) in [6, 6.07) is 1.96. The van der Waals surface area contributed by atoms with Crippen molar-refractivity contribution in [2.75, 3.05) is 32.1 Å². The van der Waals surface area contributed by atoms with Gasteiger partial charge in [-0.2, -0.15) is 9.61 Å². The number of aromatic nitrogens is 5. The van der Waals surface area contributed by atoms with E-state index in [0.717, 1.165) is 47.1 Å². The first-order chi connectivity index (χ1) is 12.2. The fourth-order valence-corrected chi connectivity index (χ4v) is 3.70. The molecule has 7 nitrogen and oxygen atoms in total. The third kappa shape index (κ3) is 3.07. The highest BCUT2D eigenvalue weighted by atomic mass is 32.2. The molecule has 0 amide bonds. The molecule has 0 bridgehead atoms. The maximum Gasteiger partial charge on any atom is 0.187 e. The van der Waals surface area contributed by atoms with Gasteiger partial charge < -0.3 is 10.6 Å². The number of anilines is 1. The lowest BCUT2D eigenvalue weighted by molar-refractivity contribution is 0.248. The van der Waals surface area contributed by atoms with E-state index < -0.39 is 0 Å². The highest BCUT2D eigenvalue weighted by Gasteiger charge is 2.22. The molecule has 0 spiro atoms. The van der Waals surface area contributed by atoms with Crippen LogP contribution in [-0.2, 0) is 0 Å². The van der Waals surface area contributed by atoms with Crippen LogP contribution >= 0.6 is 11.8 Å². The van der Waals surface area contributed by atoms with Gasteiger partial charge in [0.1, 0.15) is 5.82 Å². The van der Waals surface area contributed by atoms with Crippen LogP contribution in [0.3, 0.4) is 0 Å². The van der Waals surface area contributed by atoms with Crippen LogP contribution in [0.15, 0.2) is 29.8 Å². The van der Waals surface area contributed by atoms with E-state index in [-0.39, 0.29) is 0 Å². The van der Waals surface area contributed by atoms with Gasteiger partial charge in [-0.3, -0.25) is 0 Å². The first kappa shape index (κ1) is 16.3. The van der Waals surface area contributed by atoms with Crippen molar-refractivity contribution in [2.45, 2.75) is 23.9 Å². The van der Waals surface area contributed by atoms with Crippen molar-refractivity contribution in [3.63, 3.8) is 0 Å². The summed E-state index contributed by atoms with van der Waals surface area (Å²) in [5, 5.41) is 5.15. The van der Waals surface area contributed by atoms with Crippen molar-refractivity contribution in [1.82, 2.24) is 29.5 Å². The third-order valence-electron chi connectivity index (χ3n) is 4.68. The molecule has 1 aliphatic heterocycles. The zero-order valence-electron chi connectivity index (χ0n) is 14.4. The Morgan fingerprint density at radius 2 is 2.04 bits per heavy atom. The molecule has 8 heteroatoms. The molecule has 1 aliphatic rings. The Labute approximate surface area is 150 Å². The fraction of sp³-hybridized carbons (Fsp3) is 0.412. The average molecular weight is 355 g/mol. The van der Waals surface area contributed by atoms with Crippen molar-refractivity contribution in [2.24, 2.45) is 0 Å². The van der Waals surface area contributed by atoms with Crippen LogP contribution in [0.2, 0.25) is 0 Å². The van der Waals surface area contributed by atoms with E-state index in [1.54, 1.807) is 10.7 Å². The summed E-state index contributed by atoms with van der Waals surface area (Å²) < 4.78 is 1.69. The largest absolute Gasteiger partial charge is 0.384 e. The zero-order chi connectivity index (χ0) is 17.4. The molecule has 0 aromatic carbocycles. The monoisotopic (exact) mass is 355 g/mol. The summed E-state index contributed by atoms with van der Waals surface area (Å²) >= 11 is 1.52. The van der Waals surface area contributed by atoms with Crippen LogP contribution in [0.1, 0.15) is 24.5 Å². The van der Waals surface area contributed by atoms with Crippen LogP contribution in [0.25, 0.3) is 16.8 Å². The minimum absolute atomic E-state index is 0.406. The van der Waals surface area contributed by atoms with Crippen LogP contribution in [0.5, 0.6) is 0 Å². The van der Waals surface area contributed by atoms with Gasteiger partial charge in [0.25, 0.3) is 0 Å². The molecule has 3 aromatic heterocycles. The van der Waals surface area contributed by atoms with Crippen molar-refractivity contribution in [3.05, 3.63) is 30.4 Å². The maximum absolute atomic E-state index is 6.25. The van der Waals surface area contributed by atoms with E-state index in [9.17, 15) is 0 Å². The van der Waals surface area contributed by atoms with Gasteiger partial charge >= 0.3 is 0 Å². The van der Waals surface area contributed by atoms with Gasteiger partial charge in [-0.1, -0.05) is 11.8 Å². The fourth-order valence-electron chi connectivity index (χ4n) is 3.39. The molecule has 1 fully saturated rings. The average Bonchev–Trinajstić information content (AvgIpc) is 3.06. The summed E-state index contributed by atoms with van der Waals surface area (Å²) in [5.41, 5.74) is 9.86. The molecule has 4 rings (SSSR count). The van der Waals surface area contributed by atoms with Gasteiger partial charge in [0.15, 0.2) is 10.8 Å². The molecular formula is C17H21N7S. The van der Waals surface area contributed by atoms with E-state index in [2.05, 4.69) is 27.0 Å². The molecule has 1 saturated heterocycles. The standard InChI is InChI=1S/C17H21N7S/c1-23-5-3-4-11(10-23)14-6-15(18)24-16(22-14)13(9-21-24)12-7-19-17(25-2)20-8-12/h6-9,11H,3-5,10,18H2,1-2H3. The van der Waals surface area contributed by atoms with E-state index in [1.807, 2.05) is 24.7 Å². The Kier molecular flexibility index (Phi) is 4.30. The lowest BCUT2D eigenvalue weighted by Gasteiger charge is -2.29. The van der Waals surface area contributed by atoms with Crippen molar-refractivity contribution in [1.29, 1.82) is 0 Å². The third-order valence-corrected chi connectivity index (χ3v) is 5.26. The lowest BCUT2D eigenvalue weighted by Crippen LogP contribution is -2.31. The summed E-state index contributed by atoms with van der Waals surface area (Å²) in [6.07, 6.45) is 9.70. The molecule has 0 radical (unpaired) electrons. The summed E-state index contributed by atoms with van der Waals surface area (Å²) in [6.45, 7) is 2.16. The van der Waals surface area contributed by atoms with E-state index in [1.165, 1.54) is 18.2 Å². The number of nitrogens with zero attached hydrogens (tertiary/aromatic N) is 6. The Bertz CT molecular complexity index is 890. The number of hydrogen-bond acceptors (Lipinski definition) is 7. The SMILES string of the molecule is CSc1ncc(-c2cnn3c(N)cc(C4CCCN(C)C4)nc23)cn1. The van der Waals surface area contributed by atoms with Gasteiger partial charge in [-0.05, 0) is 32.7 Å². The number of likely N-dealkylation sites (tertiary alicyclic amines) is 1. The predicted molar refractivity (Wildman–Crippen MR) is 99.7 cm³/mol. The van der Waals surface area contributed by atoms with Gasteiger partial charge in [-0.25, -0.2) is 15.0 Å². The minimum Gasteiger partial charge on any atom is -0.384 e. The molecular weight excluding hydrogens is 334 g/mol. The Morgan fingerprint density at radius 1 is 1.24 bits per heavy atom. The second kappa shape index (κ2) is 6.61. The van der Waals surface area contributed by atoms with Crippen molar-refractivity contribution in [3.8, 4) is 11.1 Å². The Hall–Kier alpha value is -2.19. The van der Waals surface area contributed by atoms with Gasteiger partial charge in [0, 0.05) is 42.0 Å². The van der Waals surface area contributed by atoms with E-state index in [4.69, 9.17) is 10.7 Å². The minimum atomic E-state index is 0.406. The van der Waals surface area contributed by atoms with Crippen LogP contribution in [0, 0.1) is 0 Å². The smallest absolute Gasteiger partial charge is 0.187 e. The maximum atomic E-state index is 6.25. The number of hydrogen-bond donors (Lipinski definition) is 1. The quantitative estimate of drug-likeness (QED) is 0.570. The number of nitrogens with two attached hydrogens (primary N) is 1. The molecule has 1 unspecified atom stereocenters. The highest BCUT2D eigenvalue weighted by Crippen LogP contribution is 2.30. The summed E-state index contributed by atoms with van der Waals surface area (Å²) in [5.74, 6) is 1.02. The molecule has 3 aromatic rings. The molecule has 4 heterocycles. The summed E-state index contributed by atoms with van der Waals surface area (Å²) in [4.78, 5) is 16.0. The Balaban J connectivity index is 1.78. The summed E-state index contributed by atoms with van der Waals surface area (Å²) in [7, 11) is 2.16. The second-order valence-corrected chi connectivity index (χ2v) is 7.23. The molecule has 130 valence electrons. The molecule has 0 saturated carbocycles. The molecule has 0 aliphatic carbocycles. The van der Waals surface area contributed by atoms with Crippen LogP contribution < -0.4 is 5.73 Å². The molecule has 25 heavy (non-hydrogen) atoms. The highest BCUT2D eigenvalue weighted by molar-refractivity contribution is 7.98.